The first kappa shape index (κ1) is 10.4. The Labute approximate surface area is 101 Å². The van der Waals surface area contributed by atoms with E-state index in [1.54, 1.807) is 18.2 Å². The fourth-order valence-corrected chi connectivity index (χ4v) is 2.05. The summed E-state index contributed by atoms with van der Waals surface area (Å²) in [4.78, 5) is 14.2. The molecule has 6 heteroatoms. The van der Waals surface area contributed by atoms with Gasteiger partial charge in [-0.15, -0.1) is 0 Å². The number of benzene rings is 2. The Hall–Kier alpha value is -2.76. The van der Waals surface area contributed by atoms with Crippen molar-refractivity contribution in [3.05, 3.63) is 51.6 Å². The molecule has 0 atom stereocenters. The van der Waals surface area contributed by atoms with Gasteiger partial charge < -0.3 is 5.73 Å². The highest BCUT2D eigenvalue weighted by Gasteiger charge is 2.19. The molecule has 1 aliphatic rings. The lowest BCUT2D eigenvalue weighted by Crippen LogP contribution is -2.10. The number of nitrogens with zero attached hydrogens (tertiary/aromatic N) is 2. The lowest BCUT2D eigenvalue weighted by Gasteiger charge is -2.03. The number of nitrogens with two attached hydrogens (primary N) is 1. The van der Waals surface area contributed by atoms with Gasteiger partial charge in [0.2, 0.25) is 0 Å². The summed E-state index contributed by atoms with van der Waals surface area (Å²) >= 11 is 0. The van der Waals surface area contributed by atoms with Crippen molar-refractivity contribution in [1.82, 2.24) is 0 Å². The maximum Gasteiger partial charge on any atom is 0.270 e. The zero-order valence-corrected chi connectivity index (χ0v) is 9.18. The zero-order valence-electron chi connectivity index (χ0n) is 9.18. The number of hydrogen-bond acceptors (Lipinski definition) is 4. The van der Waals surface area contributed by atoms with Gasteiger partial charge in [-0.1, -0.05) is 0 Å². The molecule has 0 aliphatic carbocycles. The van der Waals surface area contributed by atoms with Crippen LogP contribution in [0.2, 0.25) is 0 Å². The molecule has 0 saturated heterocycles. The Morgan fingerprint density at radius 1 is 1.17 bits per heavy atom. The smallest absolute Gasteiger partial charge is 0.270 e. The molecule has 0 amide bonds. The van der Waals surface area contributed by atoms with Crippen LogP contribution in [0.25, 0.3) is 10.8 Å². The van der Waals surface area contributed by atoms with Crippen LogP contribution >= 0.6 is 0 Å². The minimum absolute atomic E-state index is 0.0286. The molecule has 1 aliphatic heterocycles. The third kappa shape index (κ3) is 1.36. The molecule has 0 saturated carbocycles. The number of rotatable bonds is 1. The summed E-state index contributed by atoms with van der Waals surface area (Å²) in [5.74, 6) is 0.408. The molecular formula is C12H8N4O2. The number of aliphatic imine (C=N–C) groups is 1. The van der Waals surface area contributed by atoms with E-state index in [-0.39, 0.29) is 11.5 Å². The van der Waals surface area contributed by atoms with Crippen molar-refractivity contribution in [2.75, 3.05) is 0 Å². The Bertz CT molecular complexity index is 749. The van der Waals surface area contributed by atoms with E-state index in [2.05, 4.69) is 4.99 Å². The first-order chi connectivity index (χ1) is 8.56. The van der Waals surface area contributed by atoms with Crippen LogP contribution in [0.15, 0.2) is 35.3 Å². The molecule has 0 unspecified atom stereocenters. The minimum atomic E-state index is -0.442. The number of amidine groups is 2. The van der Waals surface area contributed by atoms with Gasteiger partial charge in [-0.3, -0.25) is 15.5 Å². The van der Waals surface area contributed by atoms with E-state index in [0.29, 0.717) is 22.3 Å². The van der Waals surface area contributed by atoms with Gasteiger partial charge in [-0.2, -0.15) is 0 Å². The summed E-state index contributed by atoms with van der Waals surface area (Å²) in [5, 5.41) is 19.9. The number of fused-ring (bicyclic) bond motifs is 2. The van der Waals surface area contributed by atoms with Crippen LogP contribution in [0.3, 0.4) is 0 Å². The molecule has 0 radical (unpaired) electrons. The number of nitro groups is 1. The zero-order chi connectivity index (χ0) is 12.9. The highest BCUT2D eigenvalue weighted by molar-refractivity contribution is 6.22. The van der Waals surface area contributed by atoms with Crippen molar-refractivity contribution in [2.24, 2.45) is 10.7 Å². The largest absolute Gasteiger partial charge is 0.383 e. The van der Waals surface area contributed by atoms with E-state index in [9.17, 15) is 10.1 Å². The van der Waals surface area contributed by atoms with Crippen LogP contribution in [0.1, 0.15) is 11.1 Å². The van der Waals surface area contributed by atoms with Gasteiger partial charge in [0.25, 0.3) is 5.69 Å². The molecule has 6 nitrogen and oxygen atoms in total. The fraction of sp³-hybridized carbons (Fsp3) is 0. The van der Waals surface area contributed by atoms with Gasteiger partial charge in [-0.25, -0.2) is 4.99 Å². The summed E-state index contributed by atoms with van der Waals surface area (Å²) in [6.45, 7) is 0. The van der Waals surface area contributed by atoms with Crippen molar-refractivity contribution >= 4 is 28.1 Å². The predicted molar refractivity (Wildman–Crippen MR) is 68.2 cm³/mol. The summed E-state index contributed by atoms with van der Waals surface area (Å²) < 4.78 is 0. The van der Waals surface area contributed by atoms with Crippen molar-refractivity contribution in [1.29, 1.82) is 5.41 Å². The van der Waals surface area contributed by atoms with Crippen LogP contribution in [0.4, 0.5) is 5.69 Å². The van der Waals surface area contributed by atoms with E-state index in [4.69, 9.17) is 11.1 Å². The third-order valence-corrected chi connectivity index (χ3v) is 2.93. The van der Waals surface area contributed by atoms with Crippen LogP contribution in [0.5, 0.6) is 0 Å². The molecule has 0 bridgehead atoms. The fourth-order valence-electron chi connectivity index (χ4n) is 2.05. The highest BCUT2D eigenvalue weighted by atomic mass is 16.6. The van der Waals surface area contributed by atoms with Crippen LogP contribution in [-0.2, 0) is 0 Å². The molecule has 3 rings (SSSR count). The second-order valence-corrected chi connectivity index (χ2v) is 4.03. The average molecular weight is 240 g/mol. The maximum atomic E-state index is 10.7. The number of non-ortho nitro benzene ring substituents is 1. The van der Waals surface area contributed by atoms with Crippen molar-refractivity contribution in [2.45, 2.75) is 0 Å². The van der Waals surface area contributed by atoms with E-state index in [1.807, 2.05) is 0 Å². The number of nitrogens with one attached hydrogen (secondary N) is 1. The van der Waals surface area contributed by atoms with Crippen molar-refractivity contribution in [3.8, 4) is 0 Å². The average Bonchev–Trinajstić information content (AvgIpc) is 2.61. The topological polar surface area (TPSA) is 105 Å². The quantitative estimate of drug-likeness (QED) is 0.586. The molecule has 1 heterocycles. The molecule has 3 N–H and O–H groups in total. The summed E-state index contributed by atoms with van der Waals surface area (Å²) in [7, 11) is 0. The Balaban J connectivity index is 2.30. The second kappa shape index (κ2) is 3.36. The van der Waals surface area contributed by atoms with Crippen LogP contribution in [0, 0.1) is 15.5 Å². The van der Waals surface area contributed by atoms with Crippen molar-refractivity contribution < 1.29 is 4.92 Å². The Kier molecular flexibility index (Phi) is 1.94. The summed E-state index contributed by atoms with van der Waals surface area (Å²) in [5.41, 5.74) is 7.06. The van der Waals surface area contributed by atoms with E-state index in [0.717, 1.165) is 5.39 Å². The third-order valence-electron chi connectivity index (χ3n) is 2.93. The molecule has 88 valence electrons. The number of nitro benzene ring substituents is 1. The lowest BCUT2D eigenvalue weighted by atomic mass is 10.0. The van der Waals surface area contributed by atoms with Crippen LogP contribution in [-0.4, -0.2) is 16.6 Å². The molecular weight excluding hydrogens is 232 g/mol. The first-order valence-electron chi connectivity index (χ1n) is 5.22. The standard InChI is InChI=1S/C12H8N4O2/c13-11-9-4-6-1-2-8(16(17)18)3-7(6)5-10(9)12(14)15-11/h1-5H,(H3,13,14,15). The first-order valence-corrected chi connectivity index (χ1v) is 5.22. The second-order valence-electron chi connectivity index (χ2n) is 4.03. The maximum absolute atomic E-state index is 10.7. The number of hydrogen-bond donors (Lipinski definition) is 2. The Morgan fingerprint density at radius 2 is 1.89 bits per heavy atom. The Morgan fingerprint density at radius 3 is 2.61 bits per heavy atom. The molecule has 0 spiro atoms. The summed E-state index contributed by atoms with van der Waals surface area (Å²) in [6.07, 6.45) is 0. The van der Waals surface area contributed by atoms with Gasteiger partial charge in [-0.05, 0) is 29.0 Å². The van der Waals surface area contributed by atoms with E-state index in [1.165, 1.54) is 12.1 Å². The van der Waals surface area contributed by atoms with Gasteiger partial charge in [0.05, 0.1) is 4.92 Å². The molecule has 2 aromatic rings. The van der Waals surface area contributed by atoms with Gasteiger partial charge >= 0.3 is 0 Å². The minimum Gasteiger partial charge on any atom is -0.383 e. The molecule has 0 aromatic heterocycles. The molecule has 0 fully saturated rings. The monoisotopic (exact) mass is 240 g/mol. The molecule has 2 aromatic carbocycles. The highest BCUT2D eigenvalue weighted by Crippen LogP contribution is 2.27. The normalized spacial score (nSPS) is 13.6. The van der Waals surface area contributed by atoms with Gasteiger partial charge in [0, 0.05) is 23.3 Å². The molecule has 18 heavy (non-hydrogen) atoms. The van der Waals surface area contributed by atoms with Crippen LogP contribution < -0.4 is 5.73 Å². The summed E-state index contributed by atoms with van der Waals surface area (Å²) in [6, 6.07) is 8.11. The predicted octanol–water partition coefficient (Wildman–Crippen LogP) is 1.79. The van der Waals surface area contributed by atoms with Gasteiger partial charge in [0.15, 0.2) is 5.84 Å². The van der Waals surface area contributed by atoms with Crippen molar-refractivity contribution in [3.63, 3.8) is 0 Å². The van der Waals surface area contributed by atoms with Gasteiger partial charge in [0.1, 0.15) is 5.84 Å². The van der Waals surface area contributed by atoms with E-state index < -0.39 is 4.92 Å². The SMILES string of the molecule is N=C1N=C(N)c2cc3ccc([N+](=O)[O-])cc3cc21. The van der Waals surface area contributed by atoms with E-state index >= 15 is 0 Å². The lowest BCUT2D eigenvalue weighted by molar-refractivity contribution is -0.384.